The minimum absolute atomic E-state index is 0.104. The zero-order valence-electron chi connectivity index (χ0n) is 17.2. The van der Waals surface area contributed by atoms with Crippen LogP contribution in [0, 0.1) is 0 Å². The number of hydrogen-bond acceptors (Lipinski definition) is 4. The summed E-state index contributed by atoms with van der Waals surface area (Å²) in [4.78, 5) is 28.5. The molecule has 0 spiro atoms. The van der Waals surface area contributed by atoms with Crippen molar-refractivity contribution in [1.82, 2.24) is 9.80 Å². The Bertz CT molecular complexity index is 937. The second-order valence-corrected chi connectivity index (χ2v) is 7.10. The van der Waals surface area contributed by atoms with Crippen molar-refractivity contribution in [3.05, 3.63) is 59.2 Å². The highest BCUT2D eigenvalue weighted by molar-refractivity contribution is 5.94. The van der Waals surface area contributed by atoms with Crippen molar-refractivity contribution in [1.29, 1.82) is 0 Å². The predicted octanol–water partition coefficient (Wildman–Crippen LogP) is 3.25. The zero-order valence-corrected chi connectivity index (χ0v) is 17.2. The van der Waals surface area contributed by atoms with Crippen LogP contribution in [0.3, 0.4) is 0 Å². The van der Waals surface area contributed by atoms with Crippen LogP contribution >= 0.6 is 0 Å². The maximum atomic E-state index is 12.7. The van der Waals surface area contributed by atoms with Crippen molar-refractivity contribution in [3.63, 3.8) is 0 Å². The van der Waals surface area contributed by atoms with Crippen LogP contribution < -0.4 is 9.47 Å². The van der Waals surface area contributed by atoms with E-state index in [0.717, 1.165) is 12.1 Å². The molecule has 1 aliphatic heterocycles. The van der Waals surface area contributed by atoms with Crippen LogP contribution in [0.2, 0.25) is 0 Å². The Hall–Kier alpha value is -3.23. The van der Waals surface area contributed by atoms with E-state index >= 15 is 0 Å². The summed E-state index contributed by atoms with van der Waals surface area (Å²) in [6.07, 6.45) is -4.31. The van der Waals surface area contributed by atoms with Crippen molar-refractivity contribution >= 4 is 11.8 Å². The Morgan fingerprint density at radius 3 is 2.06 bits per heavy atom. The van der Waals surface area contributed by atoms with Crippen molar-refractivity contribution in [2.24, 2.45) is 0 Å². The third-order valence-corrected chi connectivity index (χ3v) is 5.21. The molecule has 0 atom stereocenters. The molecule has 2 aromatic rings. The van der Waals surface area contributed by atoms with E-state index in [1.807, 2.05) is 0 Å². The fourth-order valence-corrected chi connectivity index (χ4v) is 3.44. The number of halogens is 3. The number of benzene rings is 2. The summed E-state index contributed by atoms with van der Waals surface area (Å²) in [6, 6.07) is 9.39. The van der Waals surface area contributed by atoms with Gasteiger partial charge in [0.1, 0.15) is 11.5 Å². The fourth-order valence-electron chi connectivity index (χ4n) is 3.44. The SMILES string of the molecule is COc1ccc(OC)c(CC(=O)N2CCN(C(=O)c3ccc(C(F)(F)F)cc3)CC2)c1. The summed E-state index contributed by atoms with van der Waals surface area (Å²) in [5.41, 5.74) is 0.0939. The molecule has 166 valence electrons. The number of methoxy groups -OCH3 is 2. The quantitative estimate of drug-likeness (QED) is 0.722. The largest absolute Gasteiger partial charge is 0.497 e. The Morgan fingerprint density at radius 1 is 0.903 bits per heavy atom. The monoisotopic (exact) mass is 436 g/mol. The number of hydrogen-bond donors (Lipinski definition) is 0. The maximum Gasteiger partial charge on any atom is 0.416 e. The van der Waals surface area contributed by atoms with Crippen molar-refractivity contribution in [2.45, 2.75) is 12.6 Å². The Kier molecular flexibility index (Phi) is 6.72. The summed E-state index contributed by atoms with van der Waals surface area (Å²) in [7, 11) is 3.07. The standard InChI is InChI=1S/C22H23F3N2O4/c1-30-18-7-8-19(31-2)16(13-18)14-20(28)26-9-11-27(12-10-26)21(29)15-3-5-17(6-4-15)22(23,24)25/h3-8,13H,9-12,14H2,1-2H3. The fraction of sp³-hybridized carbons (Fsp3) is 0.364. The van der Waals surface area contributed by atoms with Crippen LogP contribution in [0.25, 0.3) is 0 Å². The highest BCUT2D eigenvalue weighted by Gasteiger charge is 2.31. The van der Waals surface area contributed by atoms with Crippen molar-refractivity contribution in [2.75, 3.05) is 40.4 Å². The third kappa shape index (κ3) is 5.28. The predicted molar refractivity (Wildman–Crippen MR) is 107 cm³/mol. The van der Waals surface area contributed by atoms with Gasteiger partial charge in [-0.05, 0) is 42.5 Å². The molecule has 0 N–H and O–H groups in total. The first-order valence-corrected chi connectivity index (χ1v) is 9.68. The molecule has 9 heteroatoms. The first-order valence-electron chi connectivity index (χ1n) is 9.68. The molecular formula is C22H23F3N2O4. The number of piperazine rings is 1. The van der Waals surface area contributed by atoms with E-state index in [-0.39, 0.29) is 23.8 Å². The molecule has 0 aromatic heterocycles. The number of rotatable bonds is 5. The van der Waals surface area contributed by atoms with Crippen LogP contribution in [-0.4, -0.2) is 62.0 Å². The molecule has 1 heterocycles. The average Bonchev–Trinajstić information content (AvgIpc) is 2.78. The van der Waals surface area contributed by atoms with Crippen LogP contribution in [0.15, 0.2) is 42.5 Å². The van der Waals surface area contributed by atoms with Crippen molar-refractivity contribution < 1.29 is 32.2 Å². The van der Waals surface area contributed by atoms with E-state index in [0.29, 0.717) is 43.2 Å². The van der Waals surface area contributed by atoms with Gasteiger partial charge in [-0.3, -0.25) is 9.59 Å². The van der Waals surface area contributed by atoms with Crippen LogP contribution in [0.4, 0.5) is 13.2 Å². The van der Waals surface area contributed by atoms with E-state index in [9.17, 15) is 22.8 Å². The number of ether oxygens (including phenoxy) is 2. The lowest BCUT2D eigenvalue weighted by molar-refractivity contribution is -0.137. The summed E-state index contributed by atoms with van der Waals surface area (Å²) in [6.45, 7) is 1.30. The normalized spacial score (nSPS) is 14.4. The zero-order chi connectivity index (χ0) is 22.6. The molecule has 2 amide bonds. The summed E-state index contributed by atoms with van der Waals surface area (Å²) < 4.78 is 48.6. The van der Waals surface area contributed by atoms with Gasteiger partial charge in [-0.2, -0.15) is 13.2 Å². The summed E-state index contributed by atoms with van der Waals surface area (Å²) in [5.74, 6) is 0.754. The second-order valence-electron chi connectivity index (χ2n) is 7.10. The minimum Gasteiger partial charge on any atom is -0.497 e. The second kappa shape index (κ2) is 9.28. The number of alkyl halides is 3. The molecule has 0 radical (unpaired) electrons. The number of carbonyl (C=O) groups excluding carboxylic acids is 2. The van der Waals surface area contributed by atoms with Gasteiger partial charge in [0.25, 0.3) is 5.91 Å². The number of carbonyl (C=O) groups is 2. The Morgan fingerprint density at radius 2 is 1.52 bits per heavy atom. The molecule has 6 nitrogen and oxygen atoms in total. The van der Waals surface area contributed by atoms with Gasteiger partial charge >= 0.3 is 6.18 Å². The van der Waals surface area contributed by atoms with Gasteiger partial charge in [0.2, 0.25) is 5.91 Å². The van der Waals surface area contributed by atoms with Crippen LogP contribution in [0.1, 0.15) is 21.5 Å². The van der Waals surface area contributed by atoms with Crippen molar-refractivity contribution in [3.8, 4) is 11.5 Å². The number of amides is 2. The lowest BCUT2D eigenvalue weighted by Crippen LogP contribution is -2.51. The summed E-state index contributed by atoms with van der Waals surface area (Å²) in [5, 5.41) is 0. The van der Waals surface area contributed by atoms with Gasteiger partial charge in [0.15, 0.2) is 0 Å². The molecule has 0 aliphatic carbocycles. The van der Waals surface area contributed by atoms with E-state index in [4.69, 9.17) is 9.47 Å². The molecule has 0 saturated carbocycles. The first-order chi connectivity index (χ1) is 14.7. The van der Waals surface area contributed by atoms with Gasteiger partial charge in [-0.15, -0.1) is 0 Å². The highest BCUT2D eigenvalue weighted by atomic mass is 19.4. The Balaban J connectivity index is 1.59. The molecule has 1 saturated heterocycles. The Labute approximate surface area is 178 Å². The topological polar surface area (TPSA) is 59.1 Å². The van der Waals surface area contributed by atoms with E-state index in [1.165, 1.54) is 19.2 Å². The number of nitrogens with zero attached hydrogens (tertiary/aromatic N) is 2. The molecule has 1 aliphatic rings. The molecule has 0 bridgehead atoms. The lowest BCUT2D eigenvalue weighted by atomic mass is 10.1. The average molecular weight is 436 g/mol. The van der Waals surface area contributed by atoms with E-state index in [1.54, 1.807) is 35.1 Å². The molecule has 1 fully saturated rings. The third-order valence-electron chi connectivity index (χ3n) is 5.21. The van der Waals surface area contributed by atoms with E-state index < -0.39 is 11.7 Å². The van der Waals surface area contributed by atoms with Crippen LogP contribution in [-0.2, 0) is 17.4 Å². The molecule has 31 heavy (non-hydrogen) atoms. The molecular weight excluding hydrogens is 413 g/mol. The molecule has 0 unspecified atom stereocenters. The molecule has 2 aromatic carbocycles. The van der Waals surface area contributed by atoms with Gasteiger partial charge < -0.3 is 19.3 Å². The lowest BCUT2D eigenvalue weighted by Gasteiger charge is -2.35. The van der Waals surface area contributed by atoms with Gasteiger partial charge in [-0.25, -0.2) is 0 Å². The van der Waals surface area contributed by atoms with E-state index in [2.05, 4.69) is 0 Å². The van der Waals surface area contributed by atoms with Gasteiger partial charge in [-0.1, -0.05) is 0 Å². The minimum atomic E-state index is -4.45. The van der Waals surface area contributed by atoms with Crippen LogP contribution in [0.5, 0.6) is 11.5 Å². The first kappa shape index (κ1) is 22.5. The van der Waals surface area contributed by atoms with Gasteiger partial charge in [0.05, 0.1) is 26.2 Å². The summed E-state index contributed by atoms with van der Waals surface area (Å²) >= 11 is 0. The smallest absolute Gasteiger partial charge is 0.416 e. The maximum absolute atomic E-state index is 12.7. The van der Waals surface area contributed by atoms with Gasteiger partial charge in [0, 0.05) is 37.3 Å². The highest BCUT2D eigenvalue weighted by Crippen LogP contribution is 2.29. The molecule has 3 rings (SSSR count).